The van der Waals surface area contributed by atoms with Gasteiger partial charge in [0.05, 0.1) is 6.54 Å². The molecule has 0 spiro atoms. The Hall–Kier alpha value is -2.24. The van der Waals surface area contributed by atoms with Gasteiger partial charge in [0.2, 0.25) is 11.8 Å². The van der Waals surface area contributed by atoms with Crippen LogP contribution < -0.4 is 15.5 Å². The van der Waals surface area contributed by atoms with Crippen LogP contribution in [0.15, 0.2) is 42.5 Å². The molecule has 0 bridgehead atoms. The minimum atomic E-state index is -0.0298. The van der Waals surface area contributed by atoms with Crippen LogP contribution in [0.4, 0.5) is 5.69 Å². The molecule has 2 aromatic carbocycles. The summed E-state index contributed by atoms with van der Waals surface area (Å²) in [7, 11) is 0. The molecule has 142 valence electrons. The molecule has 1 aliphatic rings. The summed E-state index contributed by atoms with van der Waals surface area (Å²) in [4.78, 5) is 25.6. The molecule has 0 saturated carbocycles. The summed E-state index contributed by atoms with van der Waals surface area (Å²) < 4.78 is 0. The van der Waals surface area contributed by atoms with E-state index in [4.69, 9.17) is 23.2 Å². The maximum atomic E-state index is 12.1. The summed E-state index contributed by atoms with van der Waals surface area (Å²) in [5.41, 5.74) is 2.93. The van der Waals surface area contributed by atoms with Crippen molar-refractivity contribution in [3.05, 3.63) is 63.6 Å². The van der Waals surface area contributed by atoms with Crippen LogP contribution in [0.25, 0.3) is 0 Å². The zero-order valence-electron chi connectivity index (χ0n) is 14.8. The number of piperazine rings is 1. The highest BCUT2D eigenvalue weighted by Crippen LogP contribution is 2.22. The van der Waals surface area contributed by atoms with Gasteiger partial charge in [0.25, 0.3) is 0 Å². The molecule has 27 heavy (non-hydrogen) atoms. The number of benzene rings is 2. The van der Waals surface area contributed by atoms with E-state index in [9.17, 15) is 9.59 Å². The predicted molar refractivity (Wildman–Crippen MR) is 108 cm³/mol. The number of nitrogens with one attached hydrogen (secondary N) is 2. The second-order valence-electron chi connectivity index (χ2n) is 6.45. The van der Waals surface area contributed by atoms with Crippen LogP contribution in [0.2, 0.25) is 10.0 Å². The lowest BCUT2D eigenvalue weighted by Crippen LogP contribution is -2.47. The smallest absolute Gasteiger partial charge is 0.239 e. The van der Waals surface area contributed by atoms with Gasteiger partial charge in [-0.05, 0) is 41.8 Å². The molecular weight excluding hydrogens is 385 g/mol. The first-order chi connectivity index (χ1) is 13.0. The molecular formula is C20H21Cl2N3O2. The number of carbonyl (C=O) groups excluding carboxylic acids is 2. The first-order valence-electron chi connectivity index (χ1n) is 8.82. The van der Waals surface area contributed by atoms with E-state index in [2.05, 4.69) is 10.6 Å². The van der Waals surface area contributed by atoms with E-state index in [1.807, 2.05) is 35.2 Å². The molecule has 0 aliphatic carbocycles. The number of anilines is 1. The van der Waals surface area contributed by atoms with Crippen LogP contribution in [-0.2, 0) is 22.6 Å². The van der Waals surface area contributed by atoms with Gasteiger partial charge in [-0.15, -0.1) is 0 Å². The highest BCUT2D eigenvalue weighted by atomic mass is 35.5. The van der Waals surface area contributed by atoms with Crippen LogP contribution >= 0.6 is 23.2 Å². The summed E-state index contributed by atoms with van der Waals surface area (Å²) in [6.07, 6.45) is 0.931. The highest BCUT2D eigenvalue weighted by Gasteiger charge is 2.16. The van der Waals surface area contributed by atoms with Gasteiger partial charge in [-0.1, -0.05) is 41.4 Å². The van der Waals surface area contributed by atoms with Crippen molar-refractivity contribution in [3.63, 3.8) is 0 Å². The minimum Gasteiger partial charge on any atom is -0.360 e. The predicted octanol–water partition coefficient (Wildman–Crippen LogP) is 3.18. The molecule has 1 saturated heterocycles. The van der Waals surface area contributed by atoms with E-state index in [1.165, 1.54) is 0 Å². The largest absolute Gasteiger partial charge is 0.360 e. The van der Waals surface area contributed by atoms with E-state index >= 15 is 0 Å². The van der Waals surface area contributed by atoms with E-state index in [0.29, 0.717) is 42.5 Å². The lowest BCUT2D eigenvalue weighted by Gasteiger charge is -2.28. The van der Waals surface area contributed by atoms with Crippen LogP contribution in [0.5, 0.6) is 0 Å². The average molecular weight is 406 g/mol. The van der Waals surface area contributed by atoms with Gasteiger partial charge >= 0.3 is 0 Å². The SMILES string of the molecule is O=C(CCc1ccc(Cl)cc1Cl)NCc1ccc(N2CCNC(=O)C2)cc1. The van der Waals surface area contributed by atoms with E-state index in [-0.39, 0.29) is 11.8 Å². The molecule has 1 fully saturated rings. The van der Waals surface area contributed by atoms with Crippen molar-refractivity contribution in [3.8, 4) is 0 Å². The van der Waals surface area contributed by atoms with Gasteiger partial charge < -0.3 is 15.5 Å². The fourth-order valence-electron chi connectivity index (χ4n) is 2.95. The highest BCUT2D eigenvalue weighted by molar-refractivity contribution is 6.35. The lowest BCUT2D eigenvalue weighted by molar-refractivity contribution is -0.121. The zero-order chi connectivity index (χ0) is 19.2. The molecule has 1 heterocycles. The Kier molecular flexibility index (Phi) is 6.58. The van der Waals surface area contributed by atoms with Crippen LogP contribution in [-0.4, -0.2) is 31.4 Å². The summed E-state index contributed by atoms with van der Waals surface area (Å²) in [6, 6.07) is 13.2. The number of amides is 2. The van der Waals surface area contributed by atoms with Gasteiger partial charge in [-0.3, -0.25) is 9.59 Å². The summed E-state index contributed by atoms with van der Waals surface area (Å²) in [6.45, 7) is 2.31. The van der Waals surface area contributed by atoms with Crippen LogP contribution in [0, 0.1) is 0 Å². The molecule has 7 heteroatoms. The molecule has 5 nitrogen and oxygen atoms in total. The third-order valence-electron chi connectivity index (χ3n) is 4.47. The average Bonchev–Trinajstić information content (AvgIpc) is 2.66. The van der Waals surface area contributed by atoms with Crippen molar-refractivity contribution >= 4 is 40.7 Å². The molecule has 0 radical (unpaired) electrons. The van der Waals surface area contributed by atoms with Crippen molar-refractivity contribution in [2.45, 2.75) is 19.4 Å². The number of aryl methyl sites for hydroxylation is 1. The monoisotopic (exact) mass is 405 g/mol. The Balaban J connectivity index is 1.46. The Morgan fingerprint density at radius 1 is 1.15 bits per heavy atom. The van der Waals surface area contributed by atoms with Crippen LogP contribution in [0.3, 0.4) is 0 Å². The van der Waals surface area contributed by atoms with Gasteiger partial charge in [-0.25, -0.2) is 0 Å². The summed E-state index contributed by atoms with van der Waals surface area (Å²) >= 11 is 12.0. The molecule has 3 rings (SSSR count). The summed E-state index contributed by atoms with van der Waals surface area (Å²) in [5, 5.41) is 6.90. The maximum absolute atomic E-state index is 12.1. The van der Waals surface area contributed by atoms with E-state index < -0.39 is 0 Å². The van der Waals surface area contributed by atoms with Gasteiger partial charge in [0.1, 0.15) is 0 Å². The standard InChI is InChI=1S/C20H21Cl2N3O2/c21-16-5-3-15(18(22)11-16)4-8-19(26)24-12-14-1-6-17(7-2-14)25-10-9-23-20(27)13-25/h1-3,5-7,11H,4,8-10,12-13H2,(H,23,27)(H,24,26). The second-order valence-corrected chi connectivity index (χ2v) is 7.29. The van der Waals surface area contributed by atoms with Crippen molar-refractivity contribution in [1.82, 2.24) is 10.6 Å². The Bertz CT molecular complexity index is 824. The fraction of sp³-hybridized carbons (Fsp3) is 0.300. The quantitative estimate of drug-likeness (QED) is 0.775. The molecule has 1 aliphatic heterocycles. The van der Waals surface area contributed by atoms with E-state index in [1.54, 1.807) is 12.1 Å². The number of nitrogens with zero attached hydrogens (tertiary/aromatic N) is 1. The van der Waals surface area contributed by atoms with Crippen molar-refractivity contribution in [1.29, 1.82) is 0 Å². The Morgan fingerprint density at radius 2 is 1.93 bits per heavy atom. The van der Waals surface area contributed by atoms with Gasteiger partial charge in [0, 0.05) is 41.8 Å². The van der Waals surface area contributed by atoms with Crippen molar-refractivity contribution in [2.24, 2.45) is 0 Å². The fourth-order valence-corrected chi connectivity index (χ4v) is 3.45. The first kappa shape index (κ1) is 19.5. The number of hydrogen-bond donors (Lipinski definition) is 2. The Labute approximate surface area is 168 Å². The van der Waals surface area contributed by atoms with Crippen molar-refractivity contribution in [2.75, 3.05) is 24.5 Å². The lowest BCUT2D eigenvalue weighted by atomic mass is 10.1. The minimum absolute atomic E-state index is 0.0298. The van der Waals surface area contributed by atoms with Crippen LogP contribution in [0.1, 0.15) is 17.5 Å². The molecule has 0 atom stereocenters. The first-order valence-corrected chi connectivity index (χ1v) is 9.58. The summed E-state index contributed by atoms with van der Waals surface area (Å²) in [5.74, 6) is 0.0103. The van der Waals surface area contributed by atoms with E-state index in [0.717, 1.165) is 23.4 Å². The molecule has 2 aromatic rings. The maximum Gasteiger partial charge on any atom is 0.239 e. The molecule has 2 N–H and O–H groups in total. The third-order valence-corrected chi connectivity index (χ3v) is 5.05. The normalized spacial score (nSPS) is 14.0. The number of halogens is 2. The topological polar surface area (TPSA) is 61.4 Å². The van der Waals surface area contributed by atoms with Gasteiger partial charge in [0.15, 0.2) is 0 Å². The third kappa shape index (κ3) is 5.62. The second kappa shape index (κ2) is 9.11. The number of rotatable bonds is 6. The van der Waals surface area contributed by atoms with Gasteiger partial charge in [-0.2, -0.15) is 0 Å². The zero-order valence-corrected chi connectivity index (χ0v) is 16.3. The number of hydrogen-bond acceptors (Lipinski definition) is 3. The molecule has 0 unspecified atom stereocenters. The van der Waals surface area contributed by atoms with Crippen molar-refractivity contribution < 1.29 is 9.59 Å². The Morgan fingerprint density at radius 3 is 2.63 bits per heavy atom. The molecule has 0 aromatic heterocycles. The number of carbonyl (C=O) groups is 2. The molecule has 2 amide bonds.